The van der Waals surface area contributed by atoms with Gasteiger partial charge < -0.3 is 9.88 Å². The Balaban J connectivity index is 1.72. The number of aromatic nitrogens is 2. The predicted molar refractivity (Wildman–Crippen MR) is 130 cm³/mol. The number of hydrogen-bond acceptors (Lipinski definition) is 3. The van der Waals surface area contributed by atoms with E-state index >= 15 is 0 Å². The number of nitrogens with one attached hydrogen (secondary N) is 1. The van der Waals surface area contributed by atoms with Crippen LogP contribution in [0, 0.1) is 6.92 Å². The molecular formula is C26H27N3OS. The molecule has 0 aliphatic heterocycles. The molecule has 4 rings (SSSR count). The minimum atomic E-state index is -0.169. The first-order chi connectivity index (χ1) is 15.2. The fourth-order valence-corrected chi connectivity index (χ4v) is 4.21. The maximum Gasteiger partial charge on any atom is 0.251 e. The topological polar surface area (TPSA) is 46.9 Å². The van der Waals surface area contributed by atoms with Crippen molar-refractivity contribution in [1.29, 1.82) is 0 Å². The highest BCUT2D eigenvalue weighted by atomic mass is 32.2. The molecule has 1 N–H and O–H groups in total. The van der Waals surface area contributed by atoms with Crippen molar-refractivity contribution < 1.29 is 4.79 Å². The number of hydrogen-bond donors (Lipinski definition) is 1. The molecule has 1 atom stereocenters. The van der Waals surface area contributed by atoms with E-state index in [1.165, 1.54) is 11.1 Å². The predicted octanol–water partition coefficient (Wildman–Crippen LogP) is 5.62. The Labute approximate surface area is 187 Å². The van der Waals surface area contributed by atoms with Crippen LogP contribution in [0.5, 0.6) is 0 Å². The molecule has 4 nitrogen and oxygen atoms in total. The Bertz CT molecular complexity index is 1150. The maximum atomic E-state index is 13.0. The number of imidazole rings is 1. The number of nitrogens with zero attached hydrogens (tertiary/aromatic N) is 2. The van der Waals surface area contributed by atoms with Crippen molar-refractivity contribution in [2.75, 3.05) is 12.0 Å². The van der Waals surface area contributed by atoms with Crippen LogP contribution in [-0.4, -0.2) is 27.5 Å². The van der Waals surface area contributed by atoms with E-state index in [1.807, 2.05) is 48.5 Å². The van der Waals surface area contributed by atoms with Crippen molar-refractivity contribution in [2.45, 2.75) is 25.9 Å². The Kier molecular flexibility index (Phi) is 6.73. The molecule has 4 aromatic rings. The van der Waals surface area contributed by atoms with Gasteiger partial charge in [-0.15, -0.1) is 0 Å². The van der Waals surface area contributed by atoms with Crippen molar-refractivity contribution in [3.05, 3.63) is 101 Å². The van der Waals surface area contributed by atoms with Gasteiger partial charge in [0.1, 0.15) is 5.82 Å². The monoisotopic (exact) mass is 429 g/mol. The van der Waals surface area contributed by atoms with Crippen molar-refractivity contribution in [3.63, 3.8) is 0 Å². The standard InChI is InChI=1S/C26H27N3OS/c1-19-12-14-20(15-13-19)18-29-24-11-7-6-10-22(24)27-25(29)23(16-17-31-2)28-26(30)21-8-4-3-5-9-21/h3-15,23H,16-18H2,1-2H3,(H,28,30). The van der Waals surface area contributed by atoms with Crippen LogP contribution in [0.3, 0.4) is 0 Å². The van der Waals surface area contributed by atoms with E-state index in [4.69, 9.17) is 4.98 Å². The number of carbonyl (C=O) groups excluding carboxylic acids is 1. The summed E-state index contributed by atoms with van der Waals surface area (Å²) >= 11 is 1.78. The average Bonchev–Trinajstić information content (AvgIpc) is 3.17. The van der Waals surface area contributed by atoms with Gasteiger partial charge in [0, 0.05) is 12.1 Å². The second kappa shape index (κ2) is 9.84. The number of aryl methyl sites for hydroxylation is 1. The molecule has 5 heteroatoms. The molecule has 0 aliphatic carbocycles. The third-order valence-corrected chi connectivity index (χ3v) is 6.05. The largest absolute Gasteiger partial charge is 0.342 e. The van der Waals surface area contributed by atoms with E-state index in [1.54, 1.807) is 11.8 Å². The fraction of sp³-hybridized carbons (Fsp3) is 0.231. The van der Waals surface area contributed by atoms with Gasteiger partial charge in [-0.1, -0.05) is 60.2 Å². The number of amides is 1. The summed E-state index contributed by atoms with van der Waals surface area (Å²) in [5, 5.41) is 3.25. The lowest BCUT2D eigenvalue weighted by Crippen LogP contribution is -2.31. The van der Waals surface area contributed by atoms with Crippen LogP contribution in [-0.2, 0) is 6.54 Å². The molecule has 1 unspecified atom stereocenters. The molecule has 0 radical (unpaired) electrons. The fourth-order valence-electron chi connectivity index (χ4n) is 3.74. The second-order valence-electron chi connectivity index (χ2n) is 7.70. The molecule has 158 valence electrons. The molecule has 31 heavy (non-hydrogen) atoms. The molecule has 1 amide bonds. The summed E-state index contributed by atoms with van der Waals surface area (Å²) in [6.07, 6.45) is 2.91. The minimum Gasteiger partial charge on any atom is -0.342 e. The van der Waals surface area contributed by atoms with Gasteiger partial charge in [-0.2, -0.15) is 11.8 Å². The van der Waals surface area contributed by atoms with E-state index in [2.05, 4.69) is 53.4 Å². The Morgan fingerprint density at radius 3 is 2.45 bits per heavy atom. The third-order valence-electron chi connectivity index (χ3n) is 5.41. The maximum absolute atomic E-state index is 13.0. The molecule has 0 saturated carbocycles. The molecule has 1 aromatic heterocycles. The van der Waals surface area contributed by atoms with Crippen LogP contribution in [0.1, 0.15) is 39.8 Å². The second-order valence-corrected chi connectivity index (χ2v) is 8.69. The third kappa shape index (κ3) is 5.00. The van der Waals surface area contributed by atoms with Gasteiger partial charge in [0.15, 0.2) is 0 Å². The van der Waals surface area contributed by atoms with Crippen LogP contribution < -0.4 is 5.32 Å². The smallest absolute Gasteiger partial charge is 0.251 e. The lowest BCUT2D eigenvalue weighted by molar-refractivity contribution is 0.0933. The minimum absolute atomic E-state index is 0.0688. The first-order valence-electron chi connectivity index (χ1n) is 10.5. The van der Waals surface area contributed by atoms with E-state index < -0.39 is 0 Å². The lowest BCUT2D eigenvalue weighted by Gasteiger charge is -2.20. The van der Waals surface area contributed by atoms with Crippen LogP contribution in [0.15, 0.2) is 78.9 Å². The molecule has 0 spiro atoms. The number of carbonyl (C=O) groups is 1. The van der Waals surface area contributed by atoms with Crippen LogP contribution in [0.2, 0.25) is 0 Å². The van der Waals surface area contributed by atoms with E-state index in [0.717, 1.165) is 29.0 Å². The molecule has 1 heterocycles. The molecule has 0 aliphatic rings. The summed E-state index contributed by atoms with van der Waals surface area (Å²) in [6, 6.07) is 26.0. The van der Waals surface area contributed by atoms with Crippen LogP contribution in [0.4, 0.5) is 0 Å². The van der Waals surface area contributed by atoms with E-state index in [9.17, 15) is 4.79 Å². The molecular weight excluding hydrogens is 402 g/mol. The number of rotatable bonds is 8. The van der Waals surface area contributed by atoms with Gasteiger partial charge in [-0.3, -0.25) is 4.79 Å². The number of para-hydroxylation sites is 2. The SMILES string of the molecule is CSCCC(NC(=O)c1ccccc1)c1nc2ccccc2n1Cc1ccc(C)cc1. The summed E-state index contributed by atoms with van der Waals surface area (Å²) in [7, 11) is 0. The average molecular weight is 430 g/mol. The van der Waals surface area contributed by atoms with Crippen molar-refractivity contribution >= 4 is 28.7 Å². The molecule has 3 aromatic carbocycles. The summed E-state index contributed by atoms with van der Waals surface area (Å²) in [5.41, 5.74) is 5.16. The zero-order valence-electron chi connectivity index (χ0n) is 17.9. The zero-order valence-corrected chi connectivity index (χ0v) is 18.7. The quantitative estimate of drug-likeness (QED) is 0.396. The summed E-state index contributed by atoms with van der Waals surface area (Å²) in [5.74, 6) is 1.77. The first kappa shape index (κ1) is 21.2. The normalized spacial score (nSPS) is 12.1. The number of fused-ring (bicyclic) bond motifs is 1. The lowest BCUT2D eigenvalue weighted by atomic mass is 10.1. The number of thioether (sulfide) groups is 1. The highest BCUT2D eigenvalue weighted by molar-refractivity contribution is 7.98. The van der Waals surface area contributed by atoms with Crippen molar-refractivity contribution in [1.82, 2.24) is 14.9 Å². The highest BCUT2D eigenvalue weighted by Crippen LogP contribution is 2.26. The van der Waals surface area contributed by atoms with E-state index in [0.29, 0.717) is 12.1 Å². The summed E-state index contributed by atoms with van der Waals surface area (Å²) in [6.45, 7) is 2.81. The Hall–Kier alpha value is -3.05. The Morgan fingerprint density at radius 2 is 1.71 bits per heavy atom. The highest BCUT2D eigenvalue weighted by Gasteiger charge is 2.22. The summed E-state index contributed by atoms with van der Waals surface area (Å²) < 4.78 is 2.25. The molecule has 0 saturated heterocycles. The van der Waals surface area contributed by atoms with Gasteiger partial charge in [0.05, 0.1) is 17.1 Å². The van der Waals surface area contributed by atoms with Gasteiger partial charge in [-0.05, 0) is 55.2 Å². The Morgan fingerprint density at radius 1 is 1.00 bits per heavy atom. The zero-order chi connectivity index (χ0) is 21.6. The van der Waals surface area contributed by atoms with Gasteiger partial charge in [0.2, 0.25) is 0 Å². The van der Waals surface area contributed by atoms with Gasteiger partial charge in [-0.25, -0.2) is 4.98 Å². The van der Waals surface area contributed by atoms with Crippen LogP contribution in [0.25, 0.3) is 11.0 Å². The molecule has 0 fully saturated rings. The van der Waals surface area contributed by atoms with Crippen LogP contribution >= 0.6 is 11.8 Å². The van der Waals surface area contributed by atoms with Crippen molar-refractivity contribution in [2.24, 2.45) is 0 Å². The molecule has 0 bridgehead atoms. The number of benzene rings is 3. The first-order valence-corrected chi connectivity index (χ1v) is 11.9. The van der Waals surface area contributed by atoms with Gasteiger partial charge in [0.25, 0.3) is 5.91 Å². The van der Waals surface area contributed by atoms with E-state index in [-0.39, 0.29) is 11.9 Å². The van der Waals surface area contributed by atoms with Gasteiger partial charge >= 0.3 is 0 Å². The van der Waals surface area contributed by atoms with Crippen molar-refractivity contribution in [3.8, 4) is 0 Å². The summed E-state index contributed by atoms with van der Waals surface area (Å²) in [4.78, 5) is 17.9.